The summed E-state index contributed by atoms with van der Waals surface area (Å²) in [7, 11) is 0. The average molecular weight is 313 g/mol. The number of amides is 1. The van der Waals surface area contributed by atoms with Gasteiger partial charge in [0.2, 0.25) is 5.91 Å². The number of carbonyl (C=O) groups is 1. The molecule has 1 N–H and O–H groups in total. The minimum Gasteiger partial charge on any atom is -0.351 e. The molecule has 2 nitrogen and oxygen atoms in total. The van der Waals surface area contributed by atoms with Crippen LogP contribution in [-0.2, 0) is 17.8 Å². The van der Waals surface area contributed by atoms with Crippen LogP contribution >= 0.6 is 22.7 Å². The van der Waals surface area contributed by atoms with Crippen molar-refractivity contribution in [3.8, 4) is 10.4 Å². The molecule has 0 saturated heterocycles. The first-order chi connectivity index (χ1) is 10.3. The molecule has 0 bridgehead atoms. The molecule has 0 spiro atoms. The van der Waals surface area contributed by atoms with Crippen LogP contribution in [0.4, 0.5) is 0 Å². The van der Waals surface area contributed by atoms with E-state index in [2.05, 4.69) is 29.6 Å². The van der Waals surface area contributed by atoms with Gasteiger partial charge in [0.05, 0.1) is 13.0 Å². The smallest absolute Gasteiger partial charge is 0.225 e. The third-order valence-corrected chi connectivity index (χ3v) is 5.11. The Morgan fingerprint density at radius 2 is 1.81 bits per heavy atom. The highest BCUT2D eigenvalue weighted by atomic mass is 32.1. The Kier molecular flexibility index (Phi) is 4.48. The number of nitrogens with one attached hydrogen (secondary N) is 1. The minimum absolute atomic E-state index is 0.0760. The number of carbonyl (C=O) groups excluding carboxylic acids is 1. The third-order valence-electron chi connectivity index (χ3n) is 3.09. The van der Waals surface area contributed by atoms with E-state index in [0.29, 0.717) is 13.0 Å². The van der Waals surface area contributed by atoms with Gasteiger partial charge in [-0.25, -0.2) is 0 Å². The first-order valence-corrected chi connectivity index (χ1v) is 8.44. The summed E-state index contributed by atoms with van der Waals surface area (Å²) in [5, 5.41) is 4.97. The molecule has 3 aromatic rings. The van der Waals surface area contributed by atoms with Crippen molar-refractivity contribution in [3.63, 3.8) is 0 Å². The highest BCUT2D eigenvalue weighted by Crippen LogP contribution is 2.27. The standard InChI is InChI=1S/C17H15NOS2/c19-17(11-14-7-4-10-20-14)18-12-15-8-9-16(21-15)13-5-2-1-3-6-13/h1-10H,11-12H2,(H,18,19). The molecule has 0 unspecified atom stereocenters. The first-order valence-electron chi connectivity index (χ1n) is 6.74. The van der Waals surface area contributed by atoms with Gasteiger partial charge in [0.15, 0.2) is 0 Å². The number of rotatable bonds is 5. The monoisotopic (exact) mass is 313 g/mol. The van der Waals surface area contributed by atoms with E-state index in [-0.39, 0.29) is 5.91 Å². The summed E-state index contributed by atoms with van der Waals surface area (Å²) in [6, 6.07) is 18.5. The van der Waals surface area contributed by atoms with Crippen LogP contribution in [0.3, 0.4) is 0 Å². The van der Waals surface area contributed by atoms with Gasteiger partial charge in [-0.05, 0) is 29.1 Å². The lowest BCUT2D eigenvalue weighted by Gasteiger charge is -2.02. The first kappa shape index (κ1) is 14.0. The Labute approximate surface area is 132 Å². The summed E-state index contributed by atoms with van der Waals surface area (Å²) >= 11 is 3.34. The van der Waals surface area contributed by atoms with Crippen molar-refractivity contribution in [2.75, 3.05) is 0 Å². The molecule has 0 aliphatic heterocycles. The average Bonchev–Trinajstić information content (AvgIpc) is 3.17. The van der Waals surface area contributed by atoms with Gasteiger partial charge >= 0.3 is 0 Å². The molecule has 0 fully saturated rings. The molecule has 0 aliphatic carbocycles. The van der Waals surface area contributed by atoms with Crippen molar-refractivity contribution < 1.29 is 4.79 Å². The second kappa shape index (κ2) is 6.70. The Hall–Kier alpha value is -1.91. The molecule has 1 aromatic carbocycles. The van der Waals surface area contributed by atoms with Crippen molar-refractivity contribution >= 4 is 28.6 Å². The van der Waals surface area contributed by atoms with Crippen LogP contribution in [0.1, 0.15) is 9.75 Å². The van der Waals surface area contributed by atoms with Crippen molar-refractivity contribution in [1.82, 2.24) is 5.32 Å². The fourth-order valence-electron chi connectivity index (χ4n) is 2.05. The molecule has 0 saturated carbocycles. The molecule has 2 aromatic heterocycles. The predicted molar refractivity (Wildman–Crippen MR) is 89.6 cm³/mol. The van der Waals surface area contributed by atoms with E-state index in [1.165, 1.54) is 15.3 Å². The van der Waals surface area contributed by atoms with Gasteiger partial charge in [-0.2, -0.15) is 0 Å². The van der Waals surface area contributed by atoms with E-state index in [1.54, 1.807) is 22.7 Å². The van der Waals surface area contributed by atoms with Crippen LogP contribution in [0.15, 0.2) is 60.0 Å². The quantitative estimate of drug-likeness (QED) is 0.746. The maximum Gasteiger partial charge on any atom is 0.225 e. The Balaban J connectivity index is 1.56. The normalized spacial score (nSPS) is 10.5. The summed E-state index contributed by atoms with van der Waals surface area (Å²) in [5.41, 5.74) is 1.22. The molecule has 0 atom stereocenters. The van der Waals surface area contributed by atoms with Gasteiger partial charge in [0, 0.05) is 14.6 Å². The van der Waals surface area contributed by atoms with Gasteiger partial charge < -0.3 is 5.32 Å². The lowest BCUT2D eigenvalue weighted by atomic mass is 10.2. The lowest BCUT2D eigenvalue weighted by molar-refractivity contribution is -0.120. The van der Waals surface area contributed by atoms with E-state index in [9.17, 15) is 4.79 Å². The van der Waals surface area contributed by atoms with Crippen LogP contribution in [0, 0.1) is 0 Å². The van der Waals surface area contributed by atoms with Crippen LogP contribution in [0.2, 0.25) is 0 Å². The Bertz CT molecular complexity index is 701. The maximum absolute atomic E-state index is 11.9. The largest absolute Gasteiger partial charge is 0.351 e. The van der Waals surface area contributed by atoms with Crippen molar-refractivity contribution in [2.24, 2.45) is 0 Å². The molecule has 2 heterocycles. The summed E-state index contributed by atoms with van der Waals surface area (Å²) in [6.45, 7) is 0.599. The fourth-order valence-corrected chi connectivity index (χ4v) is 3.71. The van der Waals surface area contributed by atoms with Crippen molar-refractivity contribution in [2.45, 2.75) is 13.0 Å². The van der Waals surface area contributed by atoms with E-state index in [4.69, 9.17) is 0 Å². The third kappa shape index (κ3) is 3.80. The van der Waals surface area contributed by atoms with Crippen LogP contribution < -0.4 is 5.32 Å². The fraction of sp³-hybridized carbons (Fsp3) is 0.118. The molecule has 21 heavy (non-hydrogen) atoms. The van der Waals surface area contributed by atoms with Crippen LogP contribution in [-0.4, -0.2) is 5.91 Å². The van der Waals surface area contributed by atoms with Gasteiger partial charge in [0.25, 0.3) is 0 Å². The van der Waals surface area contributed by atoms with Crippen LogP contribution in [0.25, 0.3) is 10.4 Å². The van der Waals surface area contributed by atoms with Gasteiger partial charge in [-0.15, -0.1) is 22.7 Å². The summed E-state index contributed by atoms with van der Waals surface area (Å²) in [4.78, 5) is 15.4. The number of thiophene rings is 2. The summed E-state index contributed by atoms with van der Waals surface area (Å²) < 4.78 is 0. The maximum atomic E-state index is 11.9. The van der Waals surface area contributed by atoms with Gasteiger partial charge in [-0.3, -0.25) is 4.79 Å². The highest BCUT2D eigenvalue weighted by molar-refractivity contribution is 7.15. The van der Waals surface area contributed by atoms with Crippen LogP contribution in [0.5, 0.6) is 0 Å². The molecule has 106 valence electrons. The highest BCUT2D eigenvalue weighted by Gasteiger charge is 2.06. The van der Waals surface area contributed by atoms with Crippen molar-refractivity contribution in [3.05, 3.63) is 69.7 Å². The van der Waals surface area contributed by atoms with E-state index < -0.39 is 0 Å². The zero-order chi connectivity index (χ0) is 14.5. The zero-order valence-electron chi connectivity index (χ0n) is 11.4. The zero-order valence-corrected chi connectivity index (χ0v) is 13.0. The Morgan fingerprint density at radius 1 is 0.952 bits per heavy atom. The second-order valence-corrected chi connectivity index (χ2v) is 6.87. The topological polar surface area (TPSA) is 29.1 Å². The molecule has 0 radical (unpaired) electrons. The minimum atomic E-state index is 0.0760. The molecule has 0 aliphatic rings. The van der Waals surface area contributed by atoms with E-state index >= 15 is 0 Å². The van der Waals surface area contributed by atoms with E-state index in [0.717, 1.165) is 4.88 Å². The number of benzene rings is 1. The molecule has 4 heteroatoms. The van der Waals surface area contributed by atoms with Gasteiger partial charge in [0.1, 0.15) is 0 Å². The second-order valence-electron chi connectivity index (χ2n) is 4.66. The number of hydrogen-bond donors (Lipinski definition) is 1. The molecular weight excluding hydrogens is 298 g/mol. The number of hydrogen-bond acceptors (Lipinski definition) is 3. The molecule has 3 rings (SSSR count). The van der Waals surface area contributed by atoms with Gasteiger partial charge in [-0.1, -0.05) is 36.4 Å². The Morgan fingerprint density at radius 3 is 2.57 bits per heavy atom. The lowest BCUT2D eigenvalue weighted by Crippen LogP contribution is -2.23. The molecular formula is C17H15NOS2. The predicted octanol–water partition coefficient (Wildman–Crippen LogP) is 4.34. The van der Waals surface area contributed by atoms with Crippen molar-refractivity contribution in [1.29, 1.82) is 0 Å². The SMILES string of the molecule is O=C(Cc1cccs1)NCc1ccc(-c2ccccc2)s1. The van der Waals surface area contributed by atoms with E-state index in [1.807, 2.05) is 35.7 Å². The summed E-state index contributed by atoms with van der Waals surface area (Å²) in [6.07, 6.45) is 0.467. The summed E-state index contributed by atoms with van der Waals surface area (Å²) in [5.74, 6) is 0.0760. The molecule has 1 amide bonds.